The molecule has 0 spiro atoms. The maximum Gasteiger partial charge on any atom is 0.264 e. The van der Waals surface area contributed by atoms with E-state index in [0.717, 1.165) is 23.6 Å². The minimum atomic E-state index is -4.25. The summed E-state index contributed by atoms with van der Waals surface area (Å²) in [5.74, 6) is -0.796. The molecule has 0 aromatic heterocycles. The fourth-order valence-electron chi connectivity index (χ4n) is 3.16. The van der Waals surface area contributed by atoms with E-state index in [1.54, 1.807) is 12.1 Å². The van der Waals surface area contributed by atoms with Gasteiger partial charge in [0.1, 0.15) is 0 Å². The first-order chi connectivity index (χ1) is 14.8. The second-order valence-electron chi connectivity index (χ2n) is 7.11. The molecule has 0 aliphatic carbocycles. The Labute approximate surface area is 181 Å². The number of amides is 1. The molecule has 0 bridgehead atoms. The van der Waals surface area contributed by atoms with Gasteiger partial charge in [-0.05, 0) is 47.9 Å². The molecule has 1 fully saturated rings. The molecule has 3 aromatic rings. The first kappa shape index (κ1) is 21.2. The van der Waals surface area contributed by atoms with Crippen LogP contribution in [0.2, 0.25) is 0 Å². The molecule has 1 saturated heterocycles. The van der Waals surface area contributed by atoms with Crippen molar-refractivity contribution >= 4 is 26.0 Å². The predicted molar refractivity (Wildman–Crippen MR) is 116 cm³/mol. The van der Waals surface area contributed by atoms with E-state index in [0.29, 0.717) is 13.1 Å². The van der Waals surface area contributed by atoms with E-state index in [1.165, 1.54) is 34.6 Å². The van der Waals surface area contributed by atoms with Gasteiger partial charge in [-0.25, -0.2) is 21.6 Å². The largest absolute Gasteiger partial charge is 0.268 e. The third kappa shape index (κ3) is 4.39. The molecular formula is C22H20N2O5S2. The van der Waals surface area contributed by atoms with Gasteiger partial charge < -0.3 is 0 Å². The molecule has 4 rings (SSSR count). The molecule has 1 heterocycles. The number of hydrogen-bond donors (Lipinski definition) is 1. The number of nitrogens with one attached hydrogen (secondary N) is 1. The summed E-state index contributed by atoms with van der Waals surface area (Å²) in [6, 6.07) is 21.1. The summed E-state index contributed by atoms with van der Waals surface area (Å²) >= 11 is 0. The number of carbonyl (C=O) groups is 1. The average molecular weight is 457 g/mol. The van der Waals surface area contributed by atoms with Crippen LogP contribution in [0.15, 0.2) is 88.7 Å². The summed E-state index contributed by atoms with van der Waals surface area (Å²) in [6.45, 7) is 0.823. The van der Waals surface area contributed by atoms with Crippen LogP contribution in [0, 0.1) is 0 Å². The number of carbonyl (C=O) groups excluding carboxylic acids is 1. The number of rotatable bonds is 6. The Bertz CT molecular complexity index is 1320. The Morgan fingerprint density at radius 2 is 1.35 bits per heavy atom. The lowest BCUT2D eigenvalue weighted by molar-refractivity contribution is 0.0981. The molecule has 3 aromatic carbocycles. The highest BCUT2D eigenvalue weighted by Crippen LogP contribution is 2.24. The summed E-state index contributed by atoms with van der Waals surface area (Å²) in [4.78, 5) is 12.1. The molecule has 1 N–H and O–H groups in total. The van der Waals surface area contributed by atoms with E-state index in [1.807, 2.05) is 35.1 Å². The molecule has 0 saturated carbocycles. The van der Waals surface area contributed by atoms with Crippen molar-refractivity contribution in [1.82, 2.24) is 9.03 Å². The van der Waals surface area contributed by atoms with Crippen LogP contribution >= 0.6 is 0 Å². The van der Waals surface area contributed by atoms with Crippen LogP contribution in [-0.4, -0.2) is 40.1 Å². The second kappa shape index (κ2) is 8.26. The van der Waals surface area contributed by atoms with Gasteiger partial charge in [-0.2, -0.15) is 4.31 Å². The molecule has 0 atom stereocenters. The molecule has 7 nitrogen and oxygen atoms in total. The van der Waals surface area contributed by atoms with Crippen LogP contribution in [-0.2, 0) is 20.0 Å². The Kier molecular flexibility index (Phi) is 5.65. The lowest BCUT2D eigenvalue weighted by Gasteiger charge is -2.29. The molecule has 1 amide bonds. The predicted octanol–water partition coefficient (Wildman–Crippen LogP) is 2.87. The van der Waals surface area contributed by atoms with Crippen LogP contribution in [0.1, 0.15) is 16.8 Å². The van der Waals surface area contributed by atoms with Gasteiger partial charge in [0.2, 0.25) is 10.0 Å². The minimum Gasteiger partial charge on any atom is -0.268 e. The van der Waals surface area contributed by atoms with E-state index in [2.05, 4.69) is 0 Å². The first-order valence-electron chi connectivity index (χ1n) is 9.60. The van der Waals surface area contributed by atoms with Crippen LogP contribution < -0.4 is 4.72 Å². The molecular weight excluding hydrogens is 436 g/mol. The number of hydrogen-bond acceptors (Lipinski definition) is 5. The second-order valence-corrected chi connectivity index (χ2v) is 10.7. The topological polar surface area (TPSA) is 101 Å². The van der Waals surface area contributed by atoms with E-state index >= 15 is 0 Å². The first-order valence-corrected chi connectivity index (χ1v) is 12.5. The summed E-state index contributed by atoms with van der Waals surface area (Å²) < 4.78 is 53.7. The monoisotopic (exact) mass is 456 g/mol. The highest BCUT2D eigenvalue weighted by molar-refractivity contribution is 7.90. The van der Waals surface area contributed by atoms with E-state index in [9.17, 15) is 21.6 Å². The zero-order valence-corrected chi connectivity index (χ0v) is 18.1. The Morgan fingerprint density at radius 3 is 1.97 bits per heavy atom. The standard InChI is InChI=1S/C22H20N2O5S2/c25-22(19-12-10-18(11-13-19)17-6-2-1-3-7-17)23-30(26,27)20-8-4-9-21(16-20)31(28,29)24-14-5-15-24/h1-4,6-13,16H,5,14-15H2,(H,23,25). The Morgan fingerprint density at radius 1 is 0.742 bits per heavy atom. The average Bonchev–Trinajstić information content (AvgIpc) is 2.73. The highest BCUT2D eigenvalue weighted by atomic mass is 32.2. The summed E-state index contributed by atoms with van der Waals surface area (Å²) in [7, 11) is -7.99. The quantitative estimate of drug-likeness (QED) is 0.615. The van der Waals surface area contributed by atoms with Gasteiger partial charge >= 0.3 is 0 Å². The smallest absolute Gasteiger partial charge is 0.264 e. The van der Waals surface area contributed by atoms with Gasteiger partial charge in [-0.3, -0.25) is 4.79 Å². The highest BCUT2D eigenvalue weighted by Gasteiger charge is 2.30. The molecule has 1 aliphatic rings. The maximum atomic E-state index is 12.7. The normalized spacial score (nSPS) is 14.6. The minimum absolute atomic E-state index is 0.116. The van der Waals surface area contributed by atoms with Crippen molar-refractivity contribution in [2.75, 3.05) is 13.1 Å². The van der Waals surface area contributed by atoms with Crippen LogP contribution in [0.5, 0.6) is 0 Å². The van der Waals surface area contributed by atoms with E-state index in [4.69, 9.17) is 0 Å². The summed E-state index contributed by atoms with van der Waals surface area (Å²) in [6.07, 6.45) is 0.774. The van der Waals surface area contributed by atoms with Gasteiger partial charge in [0, 0.05) is 18.7 Å². The Hall–Kier alpha value is -3.01. The van der Waals surface area contributed by atoms with Crippen molar-refractivity contribution < 1.29 is 21.6 Å². The van der Waals surface area contributed by atoms with Gasteiger partial charge in [0.05, 0.1) is 9.79 Å². The van der Waals surface area contributed by atoms with Crippen LogP contribution in [0.25, 0.3) is 11.1 Å². The molecule has 0 radical (unpaired) electrons. The van der Waals surface area contributed by atoms with Crippen LogP contribution in [0.4, 0.5) is 0 Å². The van der Waals surface area contributed by atoms with E-state index < -0.39 is 26.0 Å². The van der Waals surface area contributed by atoms with Crippen molar-refractivity contribution in [3.05, 3.63) is 84.4 Å². The molecule has 160 valence electrons. The zero-order valence-electron chi connectivity index (χ0n) is 16.4. The maximum absolute atomic E-state index is 12.7. The lowest BCUT2D eigenvalue weighted by Crippen LogP contribution is -2.42. The number of nitrogens with zero attached hydrogens (tertiary/aromatic N) is 1. The van der Waals surface area contributed by atoms with Gasteiger partial charge in [0.25, 0.3) is 15.9 Å². The SMILES string of the molecule is O=C(NS(=O)(=O)c1cccc(S(=O)(=O)N2CCC2)c1)c1ccc(-c2ccccc2)cc1. The fourth-order valence-corrected chi connectivity index (χ4v) is 5.82. The van der Waals surface area contributed by atoms with Gasteiger partial charge in [-0.1, -0.05) is 48.5 Å². The van der Waals surface area contributed by atoms with Crippen molar-refractivity contribution in [1.29, 1.82) is 0 Å². The Balaban J connectivity index is 1.53. The number of benzene rings is 3. The van der Waals surface area contributed by atoms with Crippen molar-refractivity contribution in [3.8, 4) is 11.1 Å². The van der Waals surface area contributed by atoms with Crippen molar-refractivity contribution in [2.24, 2.45) is 0 Å². The molecule has 9 heteroatoms. The van der Waals surface area contributed by atoms with E-state index in [-0.39, 0.29) is 15.4 Å². The zero-order chi connectivity index (χ0) is 22.1. The summed E-state index contributed by atoms with van der Waals surface area (Å²) in [5, 5.41) is 0. The molecule has 0 unspecified atom stereocenters. The summed E-state index contributed by atoms with van der Waals surface area (Å²) in [5.41, 5.74) is 2.04. The number of sulfonamides is 2. The third-order valence-corrected chi connectivity index (χ3v) is 8.27. The third-order valence-electron chi connectivity index (χ3n) is 5.05. The van der Waals surface area contributed by atoms with Crippen molar-refractivity contribution in [3.63, 3.8) is 0 Å². The molecule has 31 heavy (non-hydrogen) atoms. The van der Waals surface area contributed by atoms with Crippen LogP contribution in [0.3, 0.4) is 0 Å². The fraction of sp³-hybridized carbons (Fsp3) is 0.136. The van der Waals surface area contributed by atoms with Gasteiger partial charge in [0.15, 0.2) is 0 Å². The lowest BCUT2D eigenvalue weighted by atomic mass is 10.0. The van der Waals surface area contributed by atoms with Gasteiger partial charge in [-0.15, -0.1) is 0 Å². The molecule has 1 aliphatic heterocycles. The van der Waals surface area contributed by atoms with Crippen molar-refractivity contribution in [2.45, 2.75) is 16.2 Å².